The molecule has 1 saturated heterocycles. The third-order valence-corrected chi connectivity index (χ3v) is 5.78. The van der Waals surface area contributed by atoms with Crippen LogP contribution < -0.4 is 10.2 Å². The summed E-state index contributed by atoms with van der Waals surface area (Å²) in [5.41, 5.74) is 3.92. The van der Waals surface area contributed by atoms with E-state index in [-0.39, 0.29) is 11.9 Å². The first-order chi connectivity index (χ1) is 13.0. The summed E-state index contributed by atoms with van der Waals surface area (Å²) in [6, 6.07) is 16.7. The zero-order valence-corrected chi connectivity index (χ0v) is 17.0. The number of carbonyl (C=O) groups is 1. The average Bonchev–Trinajstić information content (AvgIpc) is 2.68. The molecule has 0 radical (unpaired) electrons. The Kier molecular flexibility index (Phi) is 6.89. The molecular weight excluding hydrogens is 358 g/mol. The Hall–Kier alpha value is -1.88. The predicted molar refractivity (Wildman–Crippen MR) is 109 cm³/mol. The highest BCUT2D eigenvalue weighted by Gasteiger charge is 2.25. The Balaban J connectivity index is 1.44. The van der Waals surface area contributed by atoms with Gasteiger partial charge in [-0.1, -0.05) is 48.0 Å². The lowest BCUT2D eigenvalue weighted by atomic mass is 10.1. The molecule has 0 saturated carbocycles. The fourth-order valence-corrected chi connectivity index (χ4v) is 3.86. The third-order valence-electron chi connectivity index (χ3n) is 5.55. The van der Waals surface area contributed by atoms with Crippen LogP contribution in [0, 0.1) is 6.92 Å². The van der Waals surface area contributed by atoms with E-state index in [0.717, 1.165) is 43.3 Å². The Labute approximate surface area is 167 Å². The minimum absolute atomic E-state index is 0.223. The number of carbonyl (C=O) groups excluding carboxylic acids is 1. The van der Waals surface area contributed by atoms with Crippen LogP contribution in [0.15, 0.2) is 48.5 Å². The Bertz CT molecular complexity index is 772. The molecular formula is C22H30ClN3O+2. The van der Waals surface area contributed by atoms with E-state index in [9.17, 15) is 4.79 Å². The highest BCUT2D eigenvalue weighted by molar-refractivity contribution is 6.30. The molecule has 1 fully saturated rings. The number of aryl methyl sites for hydroxylation is 1. The van der Waals surface area contributed by atoms with E-state index in [2.05, 4.69) is 49.5 Å². The zero-order chi connectivity index (χ0) is 19.2. The number of hydrogen-bond donors (Lipinski definition) is 2. The molecule has 5 heteroatoms. The largest absolute Gasteiger partial charge is 0.333 e. The molecule has 1 aliphatic rings. The second-order valence-corrected chi connectivity index (χ2v) is 7.95. The zero-order valence-electron chi connectivity index (χ0n) is 16.2. The maximum Gasteiger partial charge on any atom is 0.278 e. The Morgan fingerprint density at radius 3 is 2.63 bits per heavy atom. The number of quaternary nitrogens is 2. The first kappa shape index (κ1) is 19.9. The highest BCUT2D eigenvalue weighted by Crippen LogP contribution is 2.14. The van der Waals surface area contributed by atoms with Crippen molar-refractivity contribution in [1.82, 2.24) is 4.90 Å². The first-order valence-corrected chi connectivity index (χ1v) is 10.2. The van der Waals surface area contributed by atoms with Gasteiger partial charge in [0.15, 0.2) is 6.54 Å². The van der Waals surface area contributed by atoms with Crippen molar-refractivity contribution in [3.8, 4) is 0 Å². The summed E-state index contributed by atoms with van der Waals surface area (Å²) in [7, 11) is 0. The van der Waals surface area contributed by atoms with Gasteiger partial charge in [-0.3, -0.25) is 4.79 Å². The van der Waals surface area contributed by atoms with E-state index in [0.29, 0.717) is 6.54 Å². The lowest BCUT2D eigenvalue weighted by Gasteiger charge is -2.32. The van der Waals surface area contributed by atoms with Crippen LogP contribution in [-0.4, -0.2) is 43.5 Å². The first-order valence-electron chi connectivity index (χ1n) is 9.77. The van der Waals surface area contributed by atoms with Crippen LogP contribution in [0.2, 0.25) is 5.02 Å². The molecule has 0 unspecified atom stereocenters. The van der Waals surface area contributed by atoms with Crippen LogP contribution in [0.1, 0.15) is 29.7 Å². The van der Waals surface area contributed by atoms with Crippen molar-refractivity contribution >= 4 is 17.5 Å². The second-order valence-electron chi connectivity index (χ2n) is 7.52. The van der Waals surface area contributed by atoms with Crippen molar-refractivity contribution in [2.45, 2.75) is 26.4 Å². The molecule has 2 aromatic rings. The van der Waals surface area contributed by atoms with E-state index in [4.69, 9.17) is 11.6 Å². The predicted octanol–water partition coefficient (Wildman–Crippen LogP) is 1.20. The van der Waals surface area contributed by atoms with Gasteiger partial charge >= 0.3 is 0 Å². The molecule has 1 aliphatic heterocycles. The van der Waals surface area contributed by atoms with Gasteiger partial charge in [-0.15, -0.1) is 0 Å². The number of benzene rings is 2. The van der Waals surface area contributed by atoms with Gasteiger partial charge < -0.3 is 15.1 Å². The van der Waals surface area contributed by atoms with E-state index in [1.807, 2.05) is 23.1 Å². The number of hydrogen-bond acceptors (Lipinski definition) is 1. The molecule has 3 N–H and O–H groups in total. The van der Waals surface area contributed by atoms with Crippen LogP contribution in [0.3, 0.4) is 0 Å². The summed E-state index contributed by atoms with van der Waals surface area (Å²) in [4.78, 5) is 16.2. The van der Waals surface area contributed by atoms with Crippen molar-refractivity contribution in [1.29, 1.82) is 0 Å². The fraction of sp³-hybridized carbons (Fsp3) is 0.409. The van der Waals surface area contributed by atoms with Crippen LogP contribution in [0.25, 0.3) is 0 Å². The normalized spacial score (nSPS) is 16.3. The quantitative estimate of drug-likeness (QED) is 0.768. The van der Waals surface area contributed by atoms with Crippen molar-refractivity contribution in [2.75, 3.05) is 32.7 Å². The summed E-state index contributed by atoms with van der Waals surface area (Å²) in [6.07, 6.45) is 0. The van der Waals surface area contributed by atoms with Gasteiger partial charge in [0.1, 0.15) is 12.6 Å². The van der Waals surface area contributed by atoms with Crippen LogP contribution in [0.5, 0.6) is 0 Å². The van der Waals surface area contributed by atoms with E-state index in [1.165, 1.54) is 11.1 Å². The monoisotopic (exact) mass is 387 g/mol. The molecule has 1 atom stereocenters. The molecule has 4 nitrogen and oxygen atoms in total. The third kappa shape index (κ3) is 5.55. The average molecular weight is 388 g/mol. The minimum atomic E-state index is 0.223. The molecule has 0 bridgehead atoms. The van der Waals surface area contributed by atoms with Gasteiger partial charge in [0, 0.05) is 16.1 Å². The number of nitrogens with zero attached hydrogens (tertiary/aromatic N) is 1. The second kappa shape index (κ2) is 9.36. The minimum Gasteiger partial charge on any atom is -0.333 e. The number of rotatable bonds is 6. The van der Waals surface area contributed by atoms with E-state index in [1.54, 1.807) is 4.90 Å². The lowest BCUT2D eigenvalue weighted by molar-refractivity contribution is -0.917. The molecule has 1 amide bonds. The summed E-state index contributed by atoms with van der Waals surface area (Å²) >= 11 is 6.06. The van der Waals surface area contributed by atoms with Crippen molar-refractivity contribution in [3.63, 3.8) is 0 Å². The van der Waals surface area contributed by atoms with Gasteiger partial charge in [-0.05, 0) is 31.5 Å². The molecule has 0 spiro atoms. The van der Waals surface area contributed by atoms with Crippen molar-refractivity contribution < 1.29 is 15.0 Å². The van der Waals surface area contributed by atoms with Crippen LogP contribution in [0.4, 0.5) is 0 Å². The number of halogens is 1. The van der Waals surface area contributed by atoms with Crippen molar-refractivity contribution in [2.24, 2.45) is 0 Å². The SMILES string of the molecule is Cc1ccccc1C[NH+]1CCN(C(=O)C[NH2+][C@H](C)c2cccc(Cl)c2)CC1. The van der Waals surface area contributed by atoms with Gasteiger partial charge in [0.2, 0.25) is 0 Å². The molecule has 0 aliphatic carbocycles. The van der Waals surface area contributed by atoms with E-state index < -0.39 is 0 Å². The number of amides is 1. The summed E-state index contributed by atoms with van der Waals surface area (Å²) in [5, 5.41) is 2.84. The summed E-state index contributed by atoms with van der Waals surface area (Å²) < 4.78 is 0. The molecule has 0 aromatic heterocycles. The van der Waals surface area contributed by atoms with E-state index >= 15 is 0 Å². The molecule has 2 aromatic carbocycles. The van der Waals surface area contributed by atoms with Gasteiger partial charge in [-0.25, -0.2) is 0 Å². The maximum atomic E-state index is 12.6. The summed E-state index contributed by atoms with van der Waals surface area (Å²) in [6.45, 7) is 9.55. The Morgan fingerprint density at radius 1 is 1.19 bits per heavy atom. The number of nitrogens with two attached hydrogens (primary N) is 1. The van der Waals surface area contributed by atoms with Crippen molar-refractivity contribution in [3.05, 3.63) is 70.2 Å². The summed E-state index contributed by atoms with van der Waals surface area (Å²) in [5.74, 6) is 0.235. The van der Waals surface area contributed by atoms with Gasteiger partial charge in [0.05, 0.1) is 26.2 Å². The van der Waals surface area contributed by atoms with Gasteiger partial charge in [-0.2, -0.15) is 0 Å². The van der Waals surface area contributed by atoms with Gasteiger partial charge in [0.25, 0.3) is 5.91 Å². The Morgan fingerprint density at radius 2 is 1.93 bits per heavy atom. The molecule has 1 heterocycles. The lowest BCUT2D eigenvalue weighted by Crippen LogP contribution is -3.13. The smallest absolute Gasteiger partial charge is 0.278 e. The standard InChI is InChI=1S/C22H28ClN3O/c1-17-6-3-4-7-20(17)16-25-10-12-26(13-11-25)22(27)15-24-18(2)19-8-5-9-21(23)14-19/h3-9,14,18,24H,10-13,15-16H2,1-2H3/p+2/t18-/m1/s1. The fourth-order valence-electron chi connectivity index (χ4n) is 3.66. The number of piperazine rings is 1. The number of nitrogens with one attached hydrogen (secondary N) is 1. The van der Waals surface area contributed by atoms with Crippen LogP contribution >= 0.6 is 11.6 Å². The maximum absolute atomic E-state index is 12.6. The van der Waals surface area contributed by atoms with Crippen LogP contribution in [-0.2, 0) is 11.3 Å². The molecule has 3 rings (SSSR count). The topological polar surface area (TPSA) is 41.4 Å². The molecule has 27 heavy (non-hydrogen) atoms. The highest BCUT2D eigenvalue weighted by atomic mass is 35.5. The molecule has 144 valence electrons.